The van der Waals surface area contributed by atoms with Crippen molar-refractivity contribution in [2.75, 3.05) is 0 Å². The predicted molar refractivity (Wildman–Crippen MR) is 122 cm³/mol. The Morgan fingerprint density at radius 2 is 2.00 bits per heavy atom. The minimum atomic E-state index is -0.342. The van der Waals surface area contributed by atoms with E-state index in [0.717, 1.165) is 0 Å². The molecule has 0 unspecified atom stereocenters. The van der Waals surface area contributed by atoms with Gasteiger partial charge >= 0.3 is 0 Å². The van der Waals surface area contributed by atoms with Gasteiger partial charge in [-0.05, 0) is 42.8 Å². The third-order valence-electron chi connectivity index (χ3n) is 4.45. The summed E-state index contributed by atoms with van der Waals surface area (Å²) in [7, 11) is 0. The number of furan rings is 1. The lowest BCUT2D eigenvalue weighted by atomic mass is 10.2. The fourth-order valence-electron chi connectivity index (χ4n) is 3.01. The topological polar surface area (TPSA) is 73.0 Å². The maximum absolute atomic E-state index is 12.3. The zero-order valence-electron chi connectivity index (χ0n) is 16.5. The Morgan fingerprint density at radius 3 is 2.77 bits per heavy atom. The van der Waals surface area contributed by atoms with Gasteiger partial charge in [0.15, 0.2) is 16.7 Å². The second-order valence-electron chi connectivity index (χ2n) is 6.77. The van der Waals surface area contributed by atoms with Gasteiger partial charge in [0, 0.05) is 10.8 Å². The summed E-state index contributed by atoms with van der Waals surface area (Å²) in [4.78, 5) is 12.3. The zero-order chi connectivity index (χ0) is 21.8. The Hall–Kier alpha value is -2.74. The minimum absolute atomic E-state index is 0.139. The smallest absolute Gasteiger partial charge is 0.287 e. The number of carbonyl (C=O) groups is 1. The number of hydrogen-bond acceptors (Lipinski definition) is 5. The van der Waals surface area contributed by atoms with Gasteiger partial charge in [0.2, 0.25) is 0 Å². The quantitative estimate of drug-likeness (QED) is 0.349. The molecule has 0 radical (unpaired) electrons. The molecule has 2 heterocycles. The van der Waals surface area contributed by atoms with Crippen molar-refractivity contribution in [1.29, 1.82) is 0 Å². The van der Waals surface area contributed by atoms with Gasteiger partial charge in [-0.1, -0.05) is 64.8 Å². The Bertz CT molecular complexity index is 1210. The molecule has 0 atom stereocenters. The lowest BCUT2D eigenvalue weighted by Gasteiger charge is -2.13. The normalized spacial score (nSPS) is 10.9. The van der Waals surface area contributed by atoms with Gasteiger partial charge in [-0.15, -0.1) is 10.2 Å². The van der Waals surface area contributed by atoms with Crippen LogP contribution in [0.3, 0.4) is 0 Å². The summed E-state index contributed by atoms with van der Waals surface area (Å²) in [5, 5.41) is 13.1. The summed E-state index contributed by atoms with van der Waals surface area (Å²) in [6.07, 6.45) is 1.45. The molecule has 0 spiro atoms. The highest BCUT2D eigenvalue weighted by Gasteiger charge is 2.19. The summed E-state index contributed by atoms with van der Waals surface area (Å²) in [6, 6.07) is 16.7. The van der Waals surface area contributed by atoms with Crippen molar-refractivity contribution in [1.82, 2.24) is 20.1 Å². The van der Waals surface area contributed by atoms with E-state index in [4.69, 9.17) is 27.6 Å². The van der Waals surface area contributed by atoms with Crippen molar-refractivity contribution in [2.45, 2.75) is 24.4 Å². The van der Waals surface area contributed by atoms with E-state index >= 15 is 0 Å². The van der Waals surface area contributed by atoms with Crippen LogP contribution >= 0.6 is 35.0 Å². The number of benzene rings is 2. The van der Waals surface area contributed by atoms with Gasteiger partial charge in [-0.25, -0.2) is 0 Å². The van der Waals surface area contributed by atoms with Crippen LogP contribution in [0.25, 0.3) is 5.69 Å². The maximum atomic E-state index is 12.3. The van der Waals surface area contributed by atoms with Crippen LogP contribution < -0.4 is 5.32 Å². The van der Waals surface area contributed by atoms with Crippen LogP contribution in [-0.4, -0.2) is 20.7 Å². The molecule has 4 aromatic rings. The Balaban J connectivity index is 1.63. The van der Waals surface area contributed by atoms with Crippen molar-refractivity contribution in [3.63, 3.8) is 0 Å². The molecular weight excluding hydrogens is 455 g/mol. The number of thioether (sulfide) groups is 1. The highest BCUT2D eigenvalue weighted by atomic mass is 35.5. The van der Waals surface area contributed by atoms with Gasteiger partial charge in [0.05, 0.1) is 23.5 Å². The number of halogens is 2. The van der Waals surface area contributed by atoms with Gasteiger partial charge < -0.3 is 9.73 Å². The third kappa shape index (κ3) is 5.12. The van der Waals surface area contributed by atoms with Gasteiger partial charge in [-0.3, -0.25) is 9.36 Å². The average molecular weight is 473 g/mol. The highest BCUT2D eigenvalue weighted by Crippen LogP contribution is 2.31. The van der Waals surface area contributed by atoms with Crippen molar-refractivity contribution >= 4 is 40.9 Å². The van der Waals surface area contributed by atoms with Crippen LogP contribution in [0.4, 0.5) is 0 Å². The fourth-order valence-corrected chi connectivity index (χ4v) is 4.29. The SMILES string of the molecule is Cc1cccc(CSc2nnc(CNC(=O)c3ccco3)n2-c2cc(Cl)ccc2Cl)c1. The molecule has 6 nitrogen and oxygen atoms in total. The second-order valence-corrected chi connectivity index (χ2v) is 8.55. The van der Waals surface area contributed by atoms with Crippen LogP contribution in [0.5, 0.6) is 0 Å². The first-order valence-corrected chi connectivity index (χ1v) is 11.1. The van der Waals surface area contributed by atoms with E-state index in [1.807, 2.05) is 10.6 Å². The Labute approximate surface area is 193 Å². The molecular formula is C22H18Cl2N4O2S. The molecule has 1 N–H and O–H groups in total. The minimum Gasteiger partial charge on any atom is -0.459 e. The van der Waals surface area contributed by atoms with E-state index in [-0.39, 0.29) is 18.2 Å². The van der Waals surface area contributed by atoms with E-state index in [1.165, 1.54) is 29.2 Å². The summed E-state index contributed by atoms with van der Waals surface area (Å²) in [5.74, 6) is 1.11. The molecule has 0 saturated heterocycles. The van der Waals surface area contributed by atoms with Gasteiger partial charge in [-0.2, -0.15) is 0 Å². The monoisotopic (exact) mass is 472 g/mol. The molecule has 0 aliphatic rings. The Morgan fingerprint density at radius 1 is 1.13 bits per heavy atom. The van der Waals surface area contributed by atoms with Gasteiger partial charge in [0.25, 0.3) is 5.91 Å². The summed E-state index contributed by atoms with van der Waals surface area (Å²) in [5.41, 5.74) is 3.01. The molecule has 1 amide bonds. The molecule has 31 heavy (non-hydrogen) atoms. The first kappa shape index (κ1) is 21.5. The first-order valence-electron chi connectivity index (χ1n) is 9.41. The molecule has 2 aromatic carbocycles. The number of nitrogens with zero attached hydrogens (tertiary/aromatic N) is 3. The molecule has 2 aromatic heterocycles. The highest BCUT2D eigenvalue weighted by molar-refractivity contribution is 7.98. The number of rotatable bonds is 7. The maximum Gasteiger partial charge on any atom is 0.287 e. The van der Waals surface area contributed by atoms with Crippen LogP contribution in [0.1, 0.15) is 27.5 Å². The molecule has 0 saturated carbocycles. The van der Waals surface area contributed by atoms with Crippen LogP contribution in [0.2, 0.25) is 10.0 Å². The molecule has 158 valence electrons. The molecule has 0 bridgehead atoms. The molecule has 0 fully saturated rings. The van der Waals surface area contributed by atoms with Crippen LogP contribution in [0.15, 0.2) is 70.4 Å². The molecule has 9 heteroatoms. The number of hydrogen-bond donors (Lipinski definition) is 1. The number of nitrogens with one attached hydrogen (secondary N) is 1. The second kappa shape index (κ2) is 9.60. The fraction of sp³-hybridized carbons (Fsp3) is 0.136. The Kier molecular flexibility index (Phi) is 6.65. The first-order chi connectivity index (χ1) is 15.0. The number of aromatic nitrogens is 3. The molecule has 0 aliphatic carbocycles. The third-order valence-corrected chi connectivity index (χ3v) is 6.01. The van der Waals surface area contributed by atoms with Crippen LogP contribution in [0, 0.1) is 6.92 Å². The van der Waals surface area contributed by atoms with Crippen molar-refractivity contribution in [2.24, 2.45) is 0 Å². The number of amides is 1. The van der Waals surface area contributed by atoms with Crippen molar-refractivity contribution in [3.8, 4) is 5.69 Å². The summed E-state index contributed by atoms with van der Waals surface area (Å²) < 4.78 is 6.95. The number of carbonyl (C=O) groups excluding carboxylic acids is 1. The van der Waals surface area contributed by atoms with Crippen molar-refractivity contribution < 1.29 is 9.21 Å². The van der Waals surface area contributed by atoms with E-state index in [0.29, 0.717) is 32.5 Å². The molecule has 4 rings (SSSR count). The average Bonchev–Trinajstić information content (AvgIpc) is 3.42. The standard InChI is InChI=1S/C22H18Cl2N4O2S/c1-14-4-2-5-15(10-14)13-31-22-27-26-20(12-25-21(29)19-6-3-9-30-19)28(22)18-11-16(23)7-8-17(18)24/h2-11H,12-13H2,1H3,(H,25,29). The lowest BCUT2D eigenvalue weighted by molar-refractivity contribution is 0.0922. The van der Waals surface area contributed by atoms with E-state index in [9.17, 15) is 4.79 Å². The van der Waals surface area contributed by atoms with E-state index < -0.39 is 0 Å². The van der Waals surface area contributed by atoms with Crippen LogP contribution in [-0.2, 0) is 12.3 Å². The number of aryl methyl sites for hydroxylation is 1. The van der Waals surface area contributed by atoms with E-state index in [1.54, 1.807) is 30.3 Å². The summed E-state index contributed by atoms with van der Waals surface area (Å²) >= 11 is 14.2. The predicted octanol–water partition coefficient (Wildman–Crippen LogP) is 5.70. The molecule has 0 aliphatic heterocycles. The van der Waals surface area contributed by atoms with E-state index in [2.05, 4.69) is 40.6 Å². The zero-order valence-corrected chi connectivity index (χ0v) is 18.8. The van der Waals surface area contributed by atoms with Gasteiger partial charge in [0.1, 0.15) is 0 Å². The van der Waals surface area contributed by atoms with Crippen molar-refractivity contribution in [3.05, 3.63) is 93.6 Å². The lowest BCUT2D eigenvalue weighted by Crippen LogP contribution is -2.24. The largest absolute Gasteiger partial charge is 0.459 e. The summed E-state index contributed by atoms with van der Waals surface area (Å²) in [6.45, 7) is 2.20.